The third-order valence-corrected chi connectivity index (χ3v) is 6.84. The molecule has 0 aromatic heterocycles. The Morgan fingerprint density at radius 2 is 1.78 bits per heavy atom. The van der Waals surface area contributed by atoms with Crippen LogP contribution in [0.1, 0.15) is 44.1 Å². The summed E-state index contributed by atoms with van der Waals surface area (Å²) in [5.74, 6) is 0. The lowest BCUT2D eigenvalue weighted by Gasteiger charge is -2.30. The van der Waals surface area contributed by atoms with Gasteiger partial charge < -0.3 is 4.74 Å². The highest BCUT2D eigenvalue weighted by Gasteiger charge is 2.45. The third-order valence-electron chi connectivity index (χ3n) is 3.15. The molecule has 0 amide bonds. The van der Waals surface area contributed by atoms with Gasteiger partial charge >= 0.3 is 0 Å². The second kappa shape index (κ2) is 5.48. The zero-order valence-corrected chi connectivity index (χ0v) is 13.4. The maximum Gasteiger partial charge on any atom is 0.0895 e. The van der Waals surface area contributed by atoms with Gasteiger partial charge in [-0.3, -0.25) is 0 Å². The average molecular weight is 282 g/mol. The van der Waals surface area contributed by atoms with E-state index in [-0.39, 0.29) is 17.0 Å². The van der Waals surface area contributed by atoms with Crippen LogP contribution in [0, 0.1) is 6.92 Å². The smallest absolute Gasteiger partial charge is 0.0895 e. The lowest BCUT2D eigenvalue weighted by Crippen LogP contribution is -2.36. The Bertz CT molecular complexity index is 397. The normalized spacial score (nSPS) is 26.8. The van der Waals surface area contributed by atoms with Crippen molar-refractivity contribution < 1.29 is 4.74 Å². The Kier molecular flexibility index (Phi) is 4.35. The van der Waals surface area contributed by atoms with Crippen LogP contribution in [0.15, 0.2) is 24.3 Å². The Morgan fingerprint density at radius 3 is 2.33 bits per heavy atom. The summed E-state index contributed by atoms with van der Waals surface area (Å²) >= 11 is 0. The molecule has 1 nitrogen and oxygen atoms in total. The van der Waals surface area contributed by atoms with Gasteiger partial charge in [-0.05, 0) is 40.2 Å². The summed E-state index contributed by atoms with van der Waals surface area (Å²) in [6.07, 6.45) is 0.553. The van der Waals surface area contributed by atoms with Crippen LogP contribution in [0.4, 0.5) is 0 Å². The van der Waals surface area contributed by atoms with Crippen LogP contribution in [0.25, 0.3) is 0 Å². The van der Waals surface area contributed by atoms with Crippen molar-refractivity contribution in [1.29, 1.82) is 0 Å². The summed E-state index contributed by atoms with van der Waals surface area (Å²) in [4.78, 5) is 0. The molecule has 0 saturated carbocycles. The number of benzene rings is 1. The van der Waals surface area contributed by atoms with Crippen molar-refractivity contribution in [2.45, 2.75) is 56.8 Å². The van der Waals surface area contributed by atoms with Gasteiger partial charge in [-0.25, -0.2) is 0 Å². The second-order valence-corrected chi connectivity index (χ2v) is 8.72. The van der Waals surface area contributed by atoms with Gasteiger partial charge in [-0.15, -0.1) is 0 Å². The topological polar surface area (TPSA) is 9.23 Å². The summed E-state index contributed by atoms with van der Waals surface area (Å²) in [5.41, 5.74) is 2.70. The molecule has 0 aliphatic carbocycles. The summed E-state index contributed by atoms with van der Waals surface area (Å²) in [6.45, 7) is 10.9. The number of aryl methyl sites for hydroxylation is 1. The first-order valence-corrected chi connectivity index (χ1v) is 8.68. The monoisotopic (exact) mass is 282 g/mol. The van der Waals surface area contributed by atoms with Crippen LogP contribution in [0.3, 0.4) is 0 Å². The molecule has 1 aromatic rings. The molecule has 100 valence electrons. The minimum absolute atomic E-state index is 0.171. The van der Waals surface area contributed by atoms with Crippen molar-refractivity contribution in [1.82, 2.24) is 0 Å². The molecule has 18 heavy (non-hydrogen) atoms. The maximum absolute atomic E-state index is 6.18. The molecule has 0 spiro atoms. The molecule has 0 radical (unpaired) electrons. The first-order valence-electron chi connectivity index (χ1n) is 6.46. The molecule has 3 heteroatoms. The number of ether oxygens (including phenoxy) is 1. The van der Waals surface area contributed by atoms with Crippen molar-refractivity contribution in [2.24, 2.45) is 0 Å². The van der Waals surface area contributed by atoms with E-state index in [0.29, 0.717) is 5.25 Å². The van der Waals surface area contributed by atoms with E-state index in [1.54, 1.807) is 0 Å². The Balaban J connectivity index is 2.23. The molecule has 0 bridgehead atoms. The Morgan fingerprint density at radius 1 is 1.17 bits per heavy atom. The van der Waals surface area contributed by atoms with Crippen molar-refractivity contribution in [2.75, 3.05) is 0 Å². The standard InChI is InChI=1S/C15H22OS2/c1-10(2)16-14-13(17-18-15(14,4)5)12-8-6-11(3)7-9-12/h6-10,13-14H,1-5H3/t13-,14+/m1/s1. The fourth-order valence-electron chi connectivity index (χ4n) is 2.15. The average Bonchev–Trinajstić information content (AvgIpc) is 2.56. The van der Waals surface area contributed by atoms with Gasteiger partial charge in [0.15, 0.2) is 0 Å². The molecule has 1 aromatic carbocycles. The highest BCUT2D eigenvalue weighted by molar-refractivity contribution is 8.77. The Hall–Kier alpha value is -0.120. The van der Waals surface area contributed by atoms with Gasteiger partial charge in [0.25, 0.3) is 0 Å². The fraction of sp³-hybridized carbons (Fsp3) is 0.600. The summed E-state index contributed by atoms with van der Waals surface area (Å²) in [6, 6.07) is 8.87. The van der Waals surface area contributed by atoms with Crippen molar-refractivity contribution in [3.63, 3.8) is 0 Å². The van der Waals surface area contributed by atoms with E-state index >= 15 is 0 Å². The minimum atomic E-state index is 0.171. The summed E-state index contributed by atoms with van der Waals surface area (Å²) in [7, 11) is 3.90. The predicted molar refractivity (Wildman–Crippen MR) is 83.2 cm³/mol. The summed E-state index contributed by atoms with van der Waals surface area (Å²) in [5, 5.41) is 0.438. The molecule has 1 aliphatic heterocycles. The molecule has 2 rings (SSSR count). The van der Waals surface area contributed by atoms with Gasteiger partial charge in [-0.2, -0.15) is 0 Å². The van der Waals surface area contributed by atoms with Gasteiger partial charge in [0.1, 0.15) is 0 Å². The molecule has 0 N–H and O–H groups in total. The van der Waals surface area contributed by atoms with E-state index in [1.807, 2.05) is 21.6 Å². The van der Waals surface area contributed by atoms with E-state index in [2.05, 4.69) is 58.9 Å². The van der Waals surface area contributed by atoms with E-state index in [4.69, 9.17) is 4.74 Å². The van der Waals surface area contributed by atoms with Gasteiger partial charge in [0.05, 0.1) is 17.5 Å². The molecule has 0 unspecified atom stereocenters. The van der Waals surface area contributed by atoms with Gasteiger partial charge in [-0.1, -0.05) is 51.4 Å². The first kappa shape index (κ1) is 14.3. The van der Waals surface area contributed by atoms with E-state index in [9.17, 15) is 0 Å². The molecule has 1 saturated heterocycles. The third kappa shape index (κ3) is 3.06. The van der Waals surface area contributed by atoms with E-state index in [0.717, 1.165) is 0 Å². The zero-order chi connectivity index (χ0) is 13.3. The maximum atomic E-state index is 6.18. The van der Waals surface area contributed by atoms with Crippen LogP contribution in [0.5, 0.6) is 0 Å². The first-order chi connectivity index (χ1) is 8.40. The highest BCUT2D eigenvalue weighted by atomic mass is 33.1. The molecule has 1 heterocycles. The van der Waals surface area contributed by atoms with Crippen LogP contribution < -0.4 is 0 Å². The fourth-order valence-corrected chi connectivity index (χ4v) is 5.63. The lowest BCUT2D eigenvalue weighted by atomic mass is 9.96. The minimum Gasteiger partial charge on any atom is -0.373 e. The molecular weight excluding hydrogens is 260 g/mol. The highest BCUT2D eigenvalue weighted by Crippen LogP contribution is 2.59. The van der Waals surface area contributed by atoms with Crippen molar-refractivity contribution in [3.8, 4) is 0 Å². The predicted octanol–water partition coefficient (Wildman–Crippen LogP) is 5.00. The zero-order valence-electron chi connectivity index (χ0n) is 11.8. The molecule has 1 aliphatic rings. The van der Waals surface area contributed by atoms with Crippen LogP contribution >= 0.6 is 21.6 Å². The Labute approximate surface area is 118 Å². The SMILES string of the molecule is Cc1ccc([C@H]2SSC(C)(C)[C@H]2OC(C)C)cc1. The van der Waals surface area contributed by atoms with E-state index in [1.165, 1.54) is 11.1 Å². The van der Waals surface area contributed by atoms with Gasteiger partial charge in [0, 0.05) is 4.75 Å². The quantitative estimate of drug-likeness (QED) is 0.722. The number of hydrogen-bond acceptors (Lipinski definition) is 3. The van der Waals surface area contributed by atoms with Gasteiger partial charge in [0.2, 0.25) is 0 Å². The lowest BCUT2D eigenvalue weighted by molar-refractivity contribution is -0.00757. The molecular formula is C15H22OS2. The van der Waals surface area contributed by atoms with E-state index < -0.39 is 0 Å². The number of rotatable bonds is 3. The van der Waals surface area contributed by atoms with Crippen LogP contribution in [-0.4, -0.2) is 17.0 Å². The summed E-state index contributed by atoms with van der Waals surface area (Å²) < 4.78 is 6.35. The van der Waals surface area contributed by atoms with Crippen molar-refractivity contribution >= 4 is 21.6 Å². The second-order valence-electron chi connectivity index (χ2n) is 5.72. The molecule has 2 atom stereocenters. The van der Waals surface area contributed by atoms with Crippen LogP contribution in [-0.2, 0) is 4.74 Å². The number of hydrogen-bond donors (Lipinski definition) is 0. The largest absolute Gasteiger partial charge is 0.373 e. The van der Waals surface area contributed by atoms with Crippen molar-refractivity contribution in [3.05, 3.63) is 35.4 Å². The molecule has 1 fully saturated rings. The van der Waals surface area contributed by atoms with Crippen LogP contribution in [0.2, 0.25) is 0 Å².